The number of rotatable bonds is 3. The summed E-state index contributed by atoms with van der Waals surface area (Å²) in [7, 11) is 0. The standard InChI is InChI=1S/C14H21N3/c1-12(2)11-16-7-9-17(10-8-16)14-5-3-13(15)4-6-14/h3-6H,1,7-11,15H2,2H3. The molecule has 0 spiro atoms. The van der Waals surface area contributed by atoms with Crippen LogP contribution in [0.4, 0.5) is 11.4 Å². The summed E-state index contributed by atoms with van der Waals surface area (Å²) >= 11 is 0. The lowest BCUT2D eigenvalue weighted by molar-refractivity contribution is 0.278. The van der Waals surface area contributed by atoms with E-state index in [1.165, 1.54) is 11.3 Å². The molecule has 1 heterocycles. The van der Waals surface area contributed by atoms with Gasteiger partial charge in [0.25, 0.3) is 0 Å². The molecule has 17 heavy (non-hydrogen) atoms. The van der Waals surface area contributed by atoms with Crippen molar-refractivity contribution in [3.8, 4) is 0 Å². The van der Waals surface area contributed by atoms with Crippen LogP contribution in [0.15, 0.2) is 36.4 Å². The molecule has 2 rings (SSSR count). The van der Waals surface area contributed by atoms with Crippen LogP contribution in [0, 0.1) is 0 Å². The molecule has 0 aromatic heterocycles. The van der Waals surface area contributed by atoms with Crippen molar-refractivity contribution in [3.05, 3.63) is 36.4 Å². The molecule has 0 amide bonds. The molecule has 0 aliphatic carbocycles. The monoisotopic (exact) mass is 231 g/mol. The molecule has 0 radical (unpaired) electrons. The molecule has 0 unspecified atom stereocenters. The average Bonchev–Trinajstić information content (AvgIpc) is 2.30. The first-order valence-corrected chi connectivity index (χ1v) is 6.12. The third kappa shape index (κ3) is 3.24. The van der Waals surface area contributed by atoms with Gasteiger partial charge in [0.05, 0.1) is 0 Å². The van der Waals surface area contributed by atoms with Gasteiger partial charge in [0.15, 0.2) is 0 Å². The summed E-state index contributed by atoms with van der Waals surface area (Å²) in [6, 6.07) is 8.14. The maximum atomic E-state index is 5.70. The molecule has 1 aliphatic heterocycles. The Morgan fingerprint density at radius 1 is 1.18 bits per heavy atom. The first kappa shape index (κ1) is 12.0. The van der Waals surface area contributed by atoms with Gasteiger partial charge in [-0.1, -0.05) is 12.2 Å². The third-order valence-corrected chi connectivity index (χ3v) is 3.12. The number of anilines is 2. The van der Waals surface area contributed by atoms with E-state index in [4.69, 9.17) is 5.73 Å². The zero-order valence-corrected chi connectivity index (χ0v) is 10.5. The van der Waals surface area contributed by atoms with E-state index in [9.17, 15) is 0 Å². The number of hydrogen-bond acceptors (Lipinski definition) is 3. The van der Waals surface area contributed by atoms with E-state index in [-0.39, 0.29) is 0 Å². The van der Waals surface area contributed by atoms with Crippen LogP contribution < -0.4 is 10.6 Å². The van der Waals surface area contributed by atoms with E-state index in [1.807, 2.05) is 12.1 Å². The van der Waals surface area contributed by atoms with Crippen LogP contribution in [0.5, 0.6) is 0 Å². The molecule has 3 nitrogen and oxygen atoms in total. The van der Waals surface area contributed by atoms with Gasteiger partial charge in [0.1, 0.15) is 0 Å². The maximum Gasteiger partial charge on any atom is 0.0368 e. The number of nitrogen functional groups attached to an aromatic ring is 1. The van der Waals surface area contributed by atoms with Gasteiger partial charge < -0.3 is 10.6 Å². The lowest BCUT2D eigenvalue weighted by atomic mass is 10.2. The highest BCUT2D eigenvalue weighted by molar-refractivity contribution is 5.53. The molecule has 0 saturated carbocycles. The van der Waals surface area contributed by atoms with E-state index >= 15 is 0 Å². The van der Waals surface area contributed by atoms with Crippen molar-refractivity contribution >= 4 is 11.4 Å². The van der Waals surface area contributed by atoms with Gasteiger partial charge in [-0.25, -0.2) is 0 Å². The normalized spacial score (nSPS) is 17.1. The zero-order valence-electron chi connectivity index (χ0n) is 10.5. The Balaban J connectivity index is 1.90. The van der Waals surface area contributed by atoms with Crippen LogP contribution >= 0.6 is 0 Å². The average molecular weight is 231 g/mol. The van der Waals surface area contributed by atoms with Crippen LogP contribution in [0.1, 0.15) is 6.92 Å². The molecule has 3 heteroatoms. The van der Waals surface area contributed by atoms with Crippen molar-refractivity contribution in [3.63, 3.8) is 0 Å². The fraction of sp³-hybridized carbons (Fsp3) is 0.429. The predicted molar refractivity (Wildman–Crippen MR) is 74.3 cm³/mol. The van der Waals surface area contributed by atoms with E-state index in [2.05, 4.69) is 35.4 Å². The summed E-state index contributed by atoms with van der Waals surface area (Å²) in [5.74, 6) is 0. The second kappa shape index (κ2) is 5.23. The Morgan fingerprint density at radius 2 is 1.76 bits per heavy atom. The summed E-state index contributed by atoms with van der Waals surface area (Å²) in [6.07, 6.45) is 0. The minimum atomic E-state index is 0.828. The zero-order chi connectivity index (χ0) is 12.3. The molecular formula is C14H21N3. The van der Waals surface area contributed by atoms with Crippen LogP contribution in [-0.2, 0) is 0 Å². The van der Waals surface area contributed by atoms with Crippen molar-refractivity contribution in [2.24, 2.45) is 0 Å². The molecule has 1 aromatic carbocycles. The highest BCUT2D eigenvalue weighted by Crippen LogP contribution is 2.18. The fourth-order valence-electron chi connectivity index (χ4n) is 2.23. The fourth-order valence-corrected chi connectivity index (χ4v) is 2.23. The van der Waals surface area contributed by atoms with Gasteiger partial charge in [0, 0.05) is 44.1 Å². The highest BCUT2D eigenvalue weighted by Gasteiger charge is 2.16. The molecule has 92 valence electrons. The first-order chi connectivity index (χ1) is 8.15. The van der Waals surface area contributed by atoms with E-state index in [0.717, 1.165) is 38.4 Å². The molecule has 0 bridgehead atoms. The van der Waals surface area contributed by atoms with Crippen molar-refractivity contribution in [1.29, 1.82) is 0 Å². The van der Waals surface area contributed by atoms with Gasteiger partial charge >= 0.3 is 0 Å². The van der Waals surface area contributed by atoms with Gasteiger partial charge in [-0.15, -0.1) is 0 Å². The topological polar surface area (TPSA) is 32.5 Å². The smallest absolute Gasteiger partial charge is 0.0368 e. The second-order valence-corrected chi connectivity index (χ2v) is 4.81. The number of hydrogen-bond donors (Lipinski definition) is 1. The Morgan fingerprint density at radius 3 is 2.29 bits per heavy atom. The Kier molecular flexibility index (Phi) is 3.69. The summed E-state index contributed by atoms with van der Waals surface area (Å²) in [6.45, 7) is 11.5. The lowest BCUT2D eigenvalue weighted by Gasteiger charge is -2.36. The van der Waals surface area contributed by atoms with Crippen LogP contribution in [-0.4, -0.2) is 37.6 Å². The van der Waals surface area contributed by atoms with E-state index in [1.54, 1.807) is 0 Å². The summed E-state index contributed by atoms with van der Waals surface area (Å²) in [4.78, 5) is 4.87. The lowest BCUT2D eigenvalue weighted by Crippen LogP contribution is -2.46. The number of benzene rings is 1. The number of piperazine rings is 1. The first-order valence-electron chi connectivity index (χ1n) is 6.12. The van der Waals surface area contributed by atoms with Crippen LogP contribution in [0.3, 0.4) is 0 Å². The largest absolute Gasteiger partial charge is 0.399 e. The SMILES string of the molecule is C=C(C)CN1CCN(c2ccc(N)cc2)CC1. The highest BCUT2D eigenvalue weighted by atomic mass is 15.3. The van der Waals surface area contributed by atoms with Crippen molar-refractivity contribution in [2.45, 2.75) is 6.92 Å². The van der Waals surface area contributed by atoms with Crippen molar-refractivity contribution in [1.82, 2.24) is 4.90 Å². The summed E-state index contributed by atoms with van der Waals surface area (Å²) < 4.78 is 0. The number of nitrogens with two attached hydrogens (primary N) is 1. The molecule has 0 atom stereocenters. The molecule has 1 aromatic rings. The van der Waals surface area contributed by atoms with Crippen molar-refractivity contribution < 1.29 is 0 Å². The quantitative estimate of drug-likeness (QED) is 0.637. The molecular weight excluding hydrogens is 210 g/mol. The predicted octanol–water partition coefficient (Wildman–Crippen LogP) is 1.97. The minimum absolute atomic E-state index is 0.828. The summed E-state index contributed by atoms with van der Waals surface area (Å²) in [5.41, 5.74) is 9.04. The van der Waals surface area contributed by atoms with Crippen molar-refractivity contribution in [2.75, 3.05) is 43.4 Å². The van der Waals surface area contributed by atoms with Gasteiger partial charge in [-0.2, -0.15) is 0 Å². The van der Waals surface area contributed by atoms with Crippen LogP contribution in [0.25, 0.3) is 0 Å². The van der Waals surface area contributed by atoms with Gasteiger partial charge in [-0.3, -0.25) is 4.90 Å². The Labute approximate surface area is 104 Å². The number of nitrogens with zero attached hydrogens (tertiary/aromatic N) is 2. The molecule has 2 N–H and O–H groups in total. The maximum absolute atomic E-state index is 5.70. The molecule has 1 fully saturated rings. The van der Waals surface area contributed by atoms with Gasteiger partial charge in [-0.05, 0) is 31.2 Å². The Hall–Kier alpha value is -1.48. The van der Waals surface area contributed by atoms with E-state index in [0.29, 0.717) is 0 Å². The second-order valence-electron chi connectivity index (χ2n) is 4.81. The minimum Gasteiger partial charge on any atom is -0.399 e. The molecule has 1 aliphatic rings. The summed E-state index contributed by atoms with van der Waals surface area (Å²) in [5, 5.41) is 0. The van der Waals surface area contributed by atoms with Crippen LogP contribution in [0.2, 0.25) is 0 Å². The third-order valence-electron chi connectivity index (χ3n) is 3.12. The van der Waals surface area contributed by atoms with E-state index < -0.39 is 0 Å². The molecule has 1 saturated heterocycles. The Bertz CT molecular complexity index is 375. The van der Waals surface area contributed by atoms with Gasteiger partial charge in [0.2, 0.25) is 0 Å².